The molecule has 0 unspecified atom stereocenters. The van der Waals surface area contributed by atoms with Crippen LogP contribution in [0.5, 0.6) is 23.0 Å². The third kappa shape index (κ3) is 3.14. The summed E-state index contributed by atoms with van der Waals surface area (Å²) in [6, 6.07) is 7.19. The molecule has 0 radical (unpaired) electrons. The molecule has 1 aliphatic heterocycles. The summed E-state index contributed by atoms with van der Waals surface area (Å²) in [5.41, 5.74) is 7.56. The summed E-state index contributed by atoms with van der Waals surface area (Å²) in [5, 5.41) is 9.81. The van der Waals surface area contributed by atoms with Crippen molar-refractivity contribution in [1.82, 2.24) is 4.57 Å². The maximum atomic E-state index is 13.3. The number of ether oxygens (including phenoxy) is 4. The van der Waals surface area contributed by atoms with Crippen LogP contribution in [0.3, 0.4) is 0 Å². The zero-order chi connectivity index (χ0) is 21.3. The lowest BCUT2D eigenvalue weighted by atomic mass is 9.83. The smallest absolute Gasteiger partial charge is 0.258 e. The Balaban J connectivity index is 2.41. The Labute approximate surface area is 168 Å². The van der Waals surface area contributed by atoms with E-state index in [2.05, 4.69) is 6.07 Å². The van der Waals surface area contributed by atoms with Crippen molar-refractivity contribution in [2.24, 2.45) is 5.73 Å². The Morgan fingerprint density at radius 3 is 2.31 bits per heavy atom. The minimum absolute atomic E-state index is 0.0464. The van der Waals surface area contributed by atoms with Gasteiger partial charge in [-0.15, -0.1) is 0 Å². The molecule has 8 heteroatoms. The topological polar surface area (TPSA) is 109 Å². The Morgan fingerprint density at radius 2 is 1.76 bits per heavy atom. The number of benzene rings is 1. The predicted octanol–water partition coefficient (Wildman–Crippen LogP) is 2.42. The Morgan fingerprint density at radius 1 is 1.14 bits per heavy atom. The van der Waals surface area contributed by atoms with E-state index in [4.69, 9.17) is 24.7 Å². The summed E-state index contributed by atoms with van der Waals surface area (Å²) in [7, 11) is 4.53. The highest BCUT2D eigenvalue weighted by molar-refractivity contribution is 5.61. The molecule has 0 fully saturated rings. The Kier molecular flexibility index (Phi) is 5.41. The Hall–Kier alpha value is -3.60. The molecule has 0 spiro atoms. The fourth-order valence-corrected chi connectivity index (χ4v) is 3.67. The van der Waals surface area contributed by atoms with Crippen LogP contribution < -0.4 is 30.2 Å². The van der Waals surface area contributed by atoms with Crippen LogP contribution in [-0.4, -0.2) is 25.9 Å². The van der Waals surface area contributed by atoms with Crippen molar-refractivity contribution in [3.63, 3.8) is 0 Å². The van der Waals surface area contributed by atoms with Gasteiger partial charge in [0.05, 0.1) is 32.8 Å². The fourth-order valence-electron chi connectivity index (χ4n) is 3.67. The van der Waals surface area contributed by atoms with Crippen LogP contribution in [0, 0.1) is 18.3 Å². The van der Waals surface area contributed by atoms with Gasteiger partial charge in [-0.25, -0.2) is 0 Å². The highest BCUT2D eigenvalue weighted by Gasteiger charge is 2.36. The lowest BCUT2D eigenvalue weighted by molar-refractivity contribution is 0.346. The third-order valence-corrected chi connectivity index (χ3v) is 5.05. The zero-order valence-corrected chi connectivity index (χ0v) is 17.0. The first-order valence-electron chi connectivity index (χ1n) is 9.03. The number of nitriles is 1. The number of allylic oxidation sites excluding steroid dienone is 1. The molecular formula is C21H23N3O5. The number of hydrogen-bond donors (Lipinski definition) is 1. The number of methoxy groups -OCH3 is 3. The lowest BCUT2D eigenvalue weighted by Gasteiger charge is -2.28. The third-order valence-electron chi connectivity index (χ3n) is 5.05. The van der Waals surface area contributed by atoms with Crippen LogP contribution in [-0.2, 0) is 6.54 Å². The maximum absolute atomic E-state index is 13.3. The molecule has 0 bridgehead atoms. The van der Waals surface area contributed by atoms with Gasteiger partial charge < -0.3 is 29.2 Å². The van der Waals surface area contributed by atoms with Gasteiger partial charge in [0.2, 0.25) is 5.88 Å². The second-order valence-corrected chi connectivity index (χ2v) is 6.49. The van der Waals surface area contributed by atoms with Crippen molar-refractivity contribution in [1.29, 1.82) is 5.26 Å². The van der Waals surface area contributed by atoms with Gasteiger partial charge in [-0.2, -0.15) is 5.26 Å². The summed E-state index contributed by atoms with van der Waals surface area (Å²) in [6.07, 6.45) is 0. The quantitative estimate of drug-likeness (QED) is 0.825. The SMILES string of the molecule is CCn1c(C)cc2c(c1=O)[C@H](c1cc(OC)c(OC)cc1OC)C(C#N)=C(N)O2. The average Bonchev–Trinajstić information content (AvgIpc) is 2.71. The van der Waals surface area contributed by atoms with Gasteiger partial charge in [0.25, 0.3) is 5.56 Å². The van der Waals surface area contributed by atoms with Gasteiger partial charge >= 0.3 is 0 Å². The van der Waals surface area contributed by atoms with Gasteiger partial charge in [0, 0.05) is 29.9 Å². The van der Waals surface area contributed by atoms with E-state index in [1.54, 1.807) is 22.8 Å². The van der Waals surface area contributed by atoms with Gasteiger partial charge in [0.15, 0.2) is 11.5 Å². The van der Waals surface area contributed by atoms with Gasteiger partial charge in [-0.05, 0) is 19.9 Å². The molecule has 0 saturated carbocycles. The lowest BCUT2D eigenvalue weighted by Crippen LogP contribution is -2.32. The molecule has 8 nitrogen and oxygen atoms in total. The van der Waals surface area contributed by atoms with Crippen LogP contribution in [0.25, 0.3) is 0 Å². The molecule has 2 heterocycles. The first-order chi connectivity index (χ1) is 13.9. The van der Waals surface area contributed by atoms with Crippen LogP contribution in [0.15, 0.2) is 34.4 Å². The standard InChI is InChI=1S/C21H23N3O5/c1-6-24-11(2)7-17-19(21(24)25)18(13(10-22)20(23)29-17)12-8-15(27-4)16(28-5)9-14(12)26-3/h7-9,18H,6,23H2,1-5H3/t18-/m1/s1. The van der Waals surface area contributed by atoms with E-state index in [1.807, 2.05) is 13.8 Å². The second-order valence-electron chi connectivity index (χ2n) is 6.49. The number of aromatic nitrogens is 1. The summed E-state index contributed by atoms with van der Waals surface area (Å²) >= 11 is 0. The molecule has 152 valence electrons. The summed E-state index contributed by atoms with van der Waals surface area (Å²) in [6.45, 7) is 4.18. The number of pyridine rings is 1. The normalized spacial score (nSPS) is 15.2. The van der Waals surface area contributed by atoms with Gasteiger partial charge in [-0.3, -0.25) is 4.79 Å². The van der Waals surface area contributed by atoms with Gasteiger partial charge in [0.1, 0.15) is 23.1 Å². The van der Waals surface area contributed by atoms with E-state index in [0.717, 1.165) is 5.69 Å². The highest BCUT2D eigenvalue weighted by Crippen LogP contribution is 2.46. The monoisotopic (exact) mass is 397 g/mol. The largest absolute Gasteiger partial charge is 0.496 e. The molecule has 1 atom stereocenters. The van der Waals surface area contributed by atoms with E-state index >= 15 is 0 Å². The number of nitrogens with zero attached hydrogens (tertiary/aromatic N) is 2. The number of rotatable bonds is 5. The van der Waals surface area contributed by atoms with E-state index in [-0.39, 0.29) is 17.0 Å². The maximum Gasteiger partial charge on any atom is 0.258 e. The Bertz CT molecular complexity index is 1090. The second kappa shape index (κ2) is 7.80. The number of aryl methyl sites for hydroxylation is 1. The molecule has 0 saturated heterocycles. The van der Waals surface area contributed by atoms with Crippen LogP contribution in [0.1, 0.15) is 29.7 Å². The van der Waals surface area contributed by atoms with Crippen LogP contribution in [0.2, 0.25) is 0 Å². The predicted molar refractivity (Wildman–Crippen MR) is 107 cm³/mol. The van der Waals surface area contributed by atoms with Crippen LogP contribution >= 0.6 is 0 Å². The van der Waals surface area contributed by atoms with Crippen molar-refractivity contribution >= 4 is 0 Å². The summed E-state index contributed by atoms with van der Waals surface area (Å²) < 4.78 is 23.6. The number of hydrogen-bond acceptors (Lipinski definition) is 7. The first kappa shape index (κ1) is 20.1. The number of fused-ring (bicyclic) bond motifs is 1. The highest BCUT2D eigenvalue weighted by atomic mass is 16.5. The minimum atomic E-state index is -0.774. The molecular weight excluding hydrogens is 374 g/mol. The molecule has 1 aromatic heterocycles. The zero-order valence-electron chi connectivity index (χ0n) is 17.0. The van der Waals surface area contributed by atoms with Crippen molar-refractivity contribution in [2.45, 2.75) is 26.3 Å². The molecule has 29 heavy (non-hydrogen) atoms. The first-order valence-corrected chi connectivity index (χ1v) is 9.03. The van der Waals surface area contributed by atoms with Crippen molar-refractivity contribution in [3.8, 4) is 29.1 Å². The van der Waals surface area contributed by atoms with Crippen molar-refractivity contribution in [2.75, 3.05) is 21.3 Å². The molecule has 1 aliphatic rings. The summed E-state index contributed by atoms with van der Waals surface area (Å²) in [4.78, 5) is 13.3. The van der Waals surface area contributed by atoms with E-state index in [1.165, 1.54) is 21.3 Å². The average molecular weight is 397 g/mol. The van der Waals surface area contributed by atoms with E-state index in [0.29, 0.717) is 40.7 Å². The van der Waals surface area contributed by atoms with Crippen molar-refractivity contribution < 1.29 is 18.9 Å². The molecule has 2 aromatic rings. The number of nitrogens with two attached hydrogens (primary N) is 1. The van der Waals surface area contributed by atoms with Crippen molar-refractivity contribution in [3.05, 3.63) is 56.8 Å². The van der Waals surface area contributed by atoms with E-state index < -0.39 is 5.92 Å². The minimum Gasteiger partial charge on any atom is -0.496 e. The fraction of sp³-hybridized carbons (Fsp3) is 0.333. The van der Waals surface area contributed by atoms with Crippen LogP contribution in [0.4, 0.5) is 0 Å². The summed E-state index contributed by atoms with van der Waals surface area (Å²) in [5.74, 6) is 0.847. The van der Waals surface area contributed by atoms with Gasteiger partial charge in [-0.1, -0.05) is 0 Å². The molecule has 3 rings (SSSR count). The molecule has 2 N–H and O–H groups in total. The molecule has 0 aliphatic carbocycles. The molecule has 0 amide bonds. The molecule has 1 aromatic carbocycles. The van der Waals surface area contributed by atoms with E-state index in [9.17, 15) is 10.1 Å².